The third-order valence-electron chi connectivity index (χ3n) is 5.33. The fourth-order valence-corrected chi connectivity index (χ4v) is 3.73. The fraction of sp³-hybridized carbons (Fsp3) is 0.650. The van der Waals surface area contributed by atoms with Gasteiger partial charge in [-0.3, -0.25) is 9.69 Å². The molecule has 0 spiro atoms. The van der Waals surface area contributed by atoms with Crippen LogP contribution < -0.4 is 10.1 Å². The Morgan fingerprint density at radius 2 is 1.84 bits per heavy atom. The van der Waals surface area contributed by atoms with Crippen LogP contribution in [-0.2, 0) is 16.1 Å². The van der Waals surface area contributed by atoms with E-state index in [9.17, 15) is 4.79 Å². The number of carbonyl (C=O) groups is 1. The molecule has 0 saturated carbocycles. The Balaban J connectivity index is 1.36. The van der Waals surface area contributed by atoms with Crippen LogP contribution in [0.5, 0.6) is 5.75 Å². The van der Waals surface area contributed by atoms with E-state index in [0.717, 1.165) is 64.3 Å². The van der Waals surface area contributed by atoms with Crippen LogP contribution >= 0.6 is 0 Å². The largest absolute Gasteiger partial charge is 0.497 e. The molecule has 5 heteroatoms. The minimum atomic E-state index is 0.223. The summed E-state index contributed by atoms with van der Waals surface area (Å²) < 4.78 is 10.5. The molecule has 1 N–H and O–H groups in total. The zero-order chi connectivity index (χ0) is 17.5. The van der Waals surface area contributed by atoms with Crippen molar-refractivity contribution in [2.75, 3.05) is 33.4 Å². The van der Waals surface area contributed by atoms with Crippen molar-refractivity contribution in [3.8, 4) is 5.75 Å². The van der Waals surface area contributed by atoms with Gasteiger partial charge in [-0.15, -0.1) is 0 Å². The molecule has 1 aromatic rings. The monoisotopic (exact) mass is 346 g/mol. The first-order valence-corrected chi connectivity index (χ1v) is 9.45. The van der Waals surface area contributed by atoms with E-state index in [-0.39, 0.29) is 5.91 Å². The van der Waals surface area contributed by atoms with Gasteiger partial charge in [-0.1, -0.05) is 12.1 Å². The Bertz CT molecular complexity index is 532. The summed E-state index contributed by atoms with van der Waals surface area (Å²) in [6.07, 6.45) is 4.79. The zero-order valence-electron chi connectivity index (χ0n) is 15.2. The lowest BCUT2D eigenvalue weighted by molar-refractivity contribution is -0.123. The number of carbonyl (C=O) groups excluding carboxylic acids is 1. The van der Waals surface area contributed by atoms with Crippen LogP contribution in [0, 0.1) is 5.92 Å². The summed E-state index contributed by atoms with van der Waals surface area (Å²) in [4.78, 5) is 14.7. The van der Waals surface area contributed by atoms with E-state index in [1.165, 1.54) is 5.56 Å². The third-order valence-corrected chi connectivity index (χ3v) is 5.33. The summed E-state index contributed by atoms with van der Waals surface area (Å²) in [7, 11) is 1.69. The Kier molecular flexibility index (Phi) is 6.70. The molecule has 25 heavy (non-hydrogen) atoms. The second kappa shape index (κ2) is 9.20. The molecule has 0 bridgehead atoms. The second-order valence-electron chi connectivity index (χ2n) is 7.23. The molecule has 0 aliphatic carbocycles. The first kappa shape index (κ1) is 18.2. The number of nitrogens with one attached hydrogen (secondary N) is 1. The highest BCUT2D eigenvalue weighted by atomic mass is 16.5. The Morgan fingerprint density at radius 3 is 2.48 bits per heavy atom. The van der Waals surface area contributed by atoms with Gasteiger partial charge >= 0.3 is 0 Å². The molecule has 2 saturated heterocycles. The SMILES string of the molecule is COc1ccc(CN2CCC(CC(=O)NC3CCOCC3)CC2)cc1. The van der Waals surface area contributed by atoms with E-state index in [2.05, 4.69) is 22.3 Å². The number of rotatable bonds is 6. The number of hydrogen-bond acceptors (Lipinski definition) is 4. The van der Waals surface area contributed by atoms with Gasteiger partial charge in [0.05, 0.1) is 7.11 Å². The number of ether oxygens (including phenoxy) is 2. The van der Waals surface area contributed by atoms with Crippen LogP contribution in [0.4, 0.5) is 0 Å². The highest BCUT2D eigenvalue weighted by Crippen LogP contribution is 2.22. The van der Waals surface area contributed by atoms with Gasteiger partial charge in [0.1, 0.15) is 5.75 Å². The first-order chi connectivity index (χ1) is 12.2. The molecular weight excluding hydrogens is 316 g/mol. The topological polar surface area (TPSA) is 50.8 Å². The predicted molar refractivity (Wildman–Crippen MR) is 97.6 cm³/mol. The second-order valence-corrected chi connectivity index (χ2v) is 7.23. The summed E-state index contributed by atoms with van der Waals surface area (Å²) in [6.45, 7) is 4.66. The van der Waals surface area contributed by atoms with Gasteiger partial charge in [-0.25, -0.2) is 0 Å². The molecule has 1 amide bonds. The quantitative estimate of drug-likeness (QED) is 0.860. The number of likely N-dealkylation sites (tertiary alicyclic amines) is 1. The lowest BCUT2D eigenvalue weighted by Gasteiger charge is -2.32. The molecule has 3 rings (SSSR count). The van der Waals surface area contributed by atoms with Crippen molar-refractivity contribution < 1.29 is 14.3 Å². The molecule has 0 radical (unpaired) electrons. The minimum absolute atomic E-state index is 0.223. The lowest BCUT2D eigenvalue weighted by Crippen LogP contribution is -2.41. The minimum Gasteiger partial charge on any atom is -0.497 e. The van der Waals surface area contributed by atoms with Crippen molar-refractivity contribution in [3.05, 3.63) is 29.8 Å². The summed E-state index contributed by atoms with van der Waals surface area (Å²) in [5.41, 5.74) is 1.32. The Labute approximate surface area is 150 Å². The van der Waals surface area contributed by atoms with Crippen molar-refractivity contribution in [2.24, 2.45) is 5.92 Å². The van der Waals surface area contributed by atoms with Gasteiger partial charge in [-0.2, -0.15) is 0 Å². The zero-order valence-corrected chi connectivity index (χ0v) is 15.2. The van der Waals surface area contributed by atoms with E-state index in [1.807, 2.05) is 12.1 Å². The molecule has 138 valence electrons. The highest BCUT2D eigenvalue weighted by Gasteiger charge is 2.23. The van der Waals surface area contributed by atoms with E-state index in [4.69, 9.17) is 9.47 Å². The maximum atomic E-state index is 12.2. The van der Waals surface area contributed by atoms with Gasteiger partial charge in [-0.05, 0) is 62.4 Å². The van der Waals surface area contributed by atoms with Crippen molar-refractivity contribution in [2.45, 2.75) is 44.7 Å². The van der Waals surface area contributed by atoms with Crippen molar-refractivity contribution >= 4 is 5.91 Å². The number of nitrogens with zero attached hydrogens (tertiary/aromatic N) is 1. The maximum absolute atomic E-state index is 12.2. The molecule has 2 aliphatic heterocycles. The smallest absolute Gasteiger partial charge is 0.220 e. The fourth-order valence-electron chi connectivity index (χ4n) is 3.73. The van der Waals surface area contributed by atoms with Gasteiger partial charge < -0.3 is 14.8 Å². The summed E-state index contributed by atoms with van der Waals surface area (Å²) in [6, 6.07) is 8.61. The van der Waals surface area contributed by atoms with E-state index in [0.29, 0.717) is 18.4 Å². The third kappa shape index (κ3) is 5.72. The molecule has 0 unspecified atom stereocenters. The standard InChI is InChI=1S/C20H30N2O3/c1-24-19-4-2-17(3-5-19)15-22-10-6-16(7-11-22)14-20(23)21-18-8-12-25-13-9-18/h2-5,16,18H,6-15H2,1H3,(H,21,23). The Morgan fingerprint density at radius 1 is 1.16 bits per heavy atom. The number of methoxy groups -OCH3 is 1. The first-order valence-electron chi connectivity index (χ1n) is 9.45. The summed E-state index contributed by atoms with van der Waals surface area (Å²) in [5, 5.41) is 3.18. The van der Waals surface area contributed by atoms with Crippen molar-refractivity contribution in [1.82, 2.24) is 10.2 Å². The van der Waals surface area contributed by atoms with Crippen LogP contribution in [0.15, 0.2) is 24.3 Å². The predicted octanol–water partition coefficient (Wildman–Crippen LogP) is 2.59. The number of amides is 1. The normalized spacial score (nSPS) is 20.4. The van der Waals surface area contributed by atoms with Crippen LogP contribution in [0.25, 0.3) is 0 Å². The van der Waals surface area contributed by atoms with Crippen LogP contribution in [-0.4, -0.2) is 50.3 Å². The number of benzene rings is 1. The van der Waals surface area contributed by atoms with Crippen LogP contribution in [0.1, 0.15) is 37.7 Å². The Hall–Kier alpha value is -1.59. The molecule has 0 aromatic heterocycles. The average molecular weight is 346 g/mol. The van der Waals surface area contributed by atoms with Gasteiger partial charge in [0.2, 0.25) is 5.91 Å². The van der Waals surface area contributed by atoms with Crippen molar-refractivity contribution in [3.63, 3.8) is 0 Å². The summed E-state index contributed by atoms with van der Waals surface area (Å²) in [5.74, 6) is 1.64. The summed E-state index contributed by atoms with van der Waals surface area (Å²) >= 11 is 0. The van der Waals surface area contributed by atoms with E-state index in [1.54, 1.807) is 7.11 Å². The van der Waals surface area contributed by atoms with Crippen LogP contribution in [0.3, 0.4) is 0 Å². The molecule has 0 atom stereocenters. The van der Waals surface area contributed by atoms with Gasteiger partial charge in [0.25, 0.3) is 0 Å². The van der Waals surface area contributed by atoms with Crippen LogP contribution in [0.2, 0.25) is 0 Å². The molecule has 5 nitrogen and oxygen atoms in total. The average Bonchev–Trinajstić information content (AvgIpc) is 2.65. The number of piperidine rings is 1. The molecular formula is C20H30N2O3. The van der Waals surface area contributed by atoms with E-state index < -0.39 is 0 Å². The number of hydrogen-bond donors (Lipinski definition) is 1. The van der Waals surface area contributed by atoms with E-state index >= 15 is 0 Å². The van der Waals surface area contributed by atoms with Gasteiger partial charge in [0, 0.05) is 32.2 Å². The molecule has 2 heterocycles. The van der Waals surface area contributed by atoms with Gasteiger partial charge in [0.15, 0.2) is 0 Å². The maximum Gasteiger partial charge on any atom is 0.220 e. The lowest BCUT2D eigenvalue weighted by atomic mass is 9.92. The highest BCUT2D eigenvalue weighted by molar-refractivity contribution is 5.76. The van der Waals surface area contributed by atoms with Crippen molar-refractivity contribution in [1.29, 1.82) is 0 Å². The molecule has 2 aliphatic rings. The molecule has 2 fully saturated rings. The molecule has 1 aromatic carbocycles.